The summed E-state index contributed by atoms with van der Waals surface area (Å²) in [6.45, 7) is 1.26. The first-order chi connectivity index (χ1) is 17.8. The quantitative estimate of drug-likeness (QED) is 0.377. The van der Waals surface area contributed by atoms with Gasteiger partial charge in [-0.1, -0.05) is 48.5 Å². The Morgan fingerprint density at radius 3 is 2.08 bits per heavy atom. The molecule has 9 heteroatoms. The summed E-state index contributed by atoms with van der Waals surface area (Å²) >= 11 is 0. The lowest BCUT2D eigenvalue weighted by molar-refractivity contribution is -0.137. The molecule has 2 heterocycles. The van der Waals surface area contributed by atoms with E-state index < -0.39 is 17.8 Å². The van der Waals surface area contributed by atoms with Crippen LogP contribution in [0, 0.1) is 0 Å². The van der Waals surface area contributed by atoms with E-state index in [4.69, 9.17) is 4.98 Å². The largest absolute Gasteiger partial charge is 0.416 e. The van der Waals surface area contributed by atoms with E-state index in [-0.39, 0.29) is 11.6 Å². The second-order valence-corrected chi connectivity index (χ2v) is 8.72. The fraction of sp³-hybridized carbons (Fsp3) is 0.179. The highest BCUT2D eigenvalue weighted by molar-refractivity contribution is 6.07. The number of hydrogen-bond donors (Lipinski definition) is 1. The lowest BCUT2D eigenvalue weighted by Crippen LogP contribution is -2.51. The summed E-state index contributed by atoms with van der Waals surface area (Å²) in [6, 6.07) is 22.8. The lowest BCUT2D eigenvalue weighted by atomic mass is 10.0. The van der Waals surface area contributed by atoms with Crippen molar-refractivity contribution in [3.8, 4) is 11.3 Å². The summed E-state index contributed by atoms with van der Waals surface area (Å²) < 4.78 is 38.3. The number of fused-ring (bicyclic) bond motifs is 1. The van der Waals surface area contributed by atoms with E-state index in [9.17, 15) is 22.8 Å². The van der Waals surface area contributed by atoms with Crippen LogP contribution in [0.25, 0.3) is 22.2 Å². The van der Waals surface area contributed by atoms with Crippen molar-refractivity contribution < 1.29 is 22.8 Å². The average molecular weight is 505 g/mol. The Balaban J connectivity index is 1.28. The number of pyridine rings is 1. The number of halogens is 3. The van der Waals surface area contributed by atoms with Crippen LogP contribution in [0.4, 0.5) is 23.7 Å². The molecule has 0 unspecified atom stereocenters. The van der Waals surface area contributed by atoms with Crippen molar-refractivity contribution in [2.24, 2.45) is 0 Å². The maximum Gasteiger partial charge on any atom is 0.416 e. The molecule has 0 bridgehead atoms. The number of carbonyl (C=O) groups is 2. The smallest absolute Gasteiger partial charge is 0.335 e. The number of nitrogens with zero attached hydrogens (tertiary/aromatic N) is 3. The fourth-order valence-electron chi connectivity index (χ4n) is 4.34. The van der Waals surface area contributed by atoms with Gasteiger partial charge in [0, 0.05) is 42.8 Å². The summed E-state index contributed by atoms with van der Waals surface area (Å²) in [4.78, 5) is 34.2. The Kier molecular flexibility index (Phi) is 6.52. The molecule has 1 aromatic heterocycles. The third kappa shape index (κ3) is 5.25. The number of rotatable bonds is 3. The molecule has 5 rings (SSSR count). The average Bonchev–Trinajstić information content (AvgIpc) is 2.92. The number of anilines is 1. The van der Waals surface area contributed by atoms with E-state index in [1.807, 2.05) is 60.7 Å². The Morgan fingerprint density at radius 2 is 1.41 bits per heavy atom. The van der Waals surface area contributed by atoms with Gasteiger partial charge in [0.05, 0.1) is 22.3 Å². The second-order valence-electron chi connectivity index (χ2n) is 8.72. The Labute approximate surface area is 211 Å². The number of piperazine rings is 1. The molecule has 188 valence electrons. The van der Waals surface area contributed by atoms with Crippen LogP contribution >= 0.6 is 0 Å². The number of amides is 3. The molecule has 3 aromatic carbocycles. The molecule has 0 spiro atoms. The van der Waals surface area contributed by atoms with E-state index in [1.54, 1.807) is 9.80 Å². The molecule has 0 radical (unpaired) electrons. The number of aromatic nitrogens is 1. The Morgan fingerprint density at radius 1 is 0.784 bits per heavy atom. The van der Waals surface area contributed by atoms with Gasteiger partial charge in [-0.05, 0) is 36.4 Å². The number of alkyl halides is 3. The van der Waals surface area contributed by atoms with Crippen molar-refractivity contribution in [1.29, 1.82) is 0 Å². The van der Waals surface area contributed by atoms with Crippen molar-refractivity contribution in [3.63, 3.8) is 0 Å². The van der Waals surface area contributed by atoms with Crippen LogP contribution in [0.5, 0.6) is 0 Å². The van der Waals surface area contributed by atoms with Crippen LogP contribution in [0.2, 0.25) is 0 Å². The molecule has 3 amide bonds. The molecule has 1 fully saturated rings. The maximum atomic E-state index is 13.6. The van der Waals surface area contributed by atoms with E-state index in [0.717, 1.165) is 28.6 Å². The molecule has 0 saturated carbocycles. The molecule has 4 aromatic rings. The van der Waals surface area contributed by atoms with Crippen LogP contribution in [-0.4, -0.2) is 52.9 Å². The van der Waals surface area contributed by atoms with Gasteiger partial charge in [-0.25, -0.2) is 9.78 Å². The first kappa shape index (κ1) is 24.3. The number of para-hydroxylation sites is 1. The molecule has 37 heavy (non-hydrogen) atoms. The van der Waals surface area contributed by atoms with Crippen molar-refractivity contribution in [1.82, 2.24) is 14.8 Å². The summed E-state index contributed by atoms with van der Waals surface area (Å²) in [5.41, 5.74) is 2.38. The first-order valence-electron chi connectivity index (χ1n) is 11.8. The minimum absolute atomic E-state index is 0.140. The van der Waals surface area contributed by atoms with Crippen LogP contribution in [0.3, 0.4) is 0 Å². The van der Waals surface area contributed by atoms with Crippen molar-refractivity contribution >= 4 is 28.5 Å². The number of benzene rings is 3. The van der Waals surface area contributed by atoms with Crippen LogP contribution in [0.15, 0.2) is 84.9 Å². The lowest BCUT2D eigenvalue weighted by Gasteiger charge is -2.35. The number of hydrogen-bond acceptors (Lipinski definition) is 3. The van der Waals surface area contributed by atoms with Gasteiger partial charge >= 0.3 is 12.2 Å². The van der Waals surface area contributed by atoms with Gasteiger partial charge in [0.25, 0.3) is 5.91 Å². The molecule has 1 aliphatic heterocycles. The molecule has 1 N–H and O–H groups in total. The monoisotopic (exact) mass is 504 g/mol. The van der Waals surface area contributed by atoms with Gasteiger partial charge in [0.2, 0.25) is 0 Å². The molecule has 0 aliphatic carbocycles. The summed E-state index contributed by atoms with van der Waals surface area (Å²) in [6.07, 6.45) is -4.44. The zero-order valence-electron chi connectivity index (χ0n) is 19.7. The van der Waals surface area contributed by atoms with Crippen LogP contribution in [0.1, 0.15) is 15.9 Å². The van der Waals surface area contributed by atoms with Crippen molar-refractivity contribution in [3.05, 3.63) is 96.1 Å². The zero-order chi connectivity index (χ0) is 26.0. The van der Waals surface area contributed by atoms with Gasteiger partial charge in [-0.2, -0.15) is 13.2 Å². The summed E-state index contributed by atoms with van der Waals surface area (Å²) in [5.74, 6) is -0.140. The molecular formula is C28H23F3N4O2. The third-order valence-electron chi connectivity index (χ3n) is 6.33. The molecular weight excluding hydrogens is 481 g/mol. The summed E-state index contributed by atoms with van der Waals surface area (Å²) in [5, 5.41) is 3.38. The maximum absolute atomic E-state index is 13.6. The standard InChI is InChI=1S/C28H23F3N4O2/c29-28(30,31)20-10-12-21(13-11-20)32-27(37)35-16-14-34(15-17-35)26(36)23-18-25(19-6-2-1-3-7-19)33-24-9-5-4-8-22(23)24/h1-13,18H,14-17H2,(H,32,37). The van der Waals surface area contributed by atoms with E-state index in [2.05, 4.69) is 5.32 Å². The Bertz CT molecular complexity index is 1430. The van der Waals surface area contributed by atoms with Gasteiger partial charge < -0.3 is 15.1 Å². The highest BCUT2D eigenvalue weighted by Gasteiger charge is 2.30. The highest BCUT2D eigenvalue weighted by atomic mass is 19.4. The molecule has 6 nitrogen and oxygen atoms in total. The van der Waals surface area contributed by atoms with Crippen molar-refractivity contribution in [2.75, 3.05) is 31.5 Å². The predicted octanol–water partition coefficient (Wildman–Crippen LogP) is 5.91. The normalized spacial score (nSPS) is 14.0. The van der Waals surface area contributed by atoms with Crippen molar-refractivity contribution in [2.45, 2.75) is 6.18 Å². The Hall–Kier alpha value is -4.40. The highest BCUT2D eigenvalue weighted by Crippen LogP contribution is 2.30. The molecule has 1 saturated heterocycles. The van der Waals surface area contributed by atoms with Crippen LogP contribution < -0.4 is 5.32 Å². The number of nitrogens with one attached hydrogen (secondary N) is 1. The van der Waals surface area contributed by atoms with E-state index >= 15 is 0 Å². The SMILES string of the molecule is O=C(Nc1ccc(C(F)(F)F)cc1)N1CCN(C(=O)c2cc(-c3ccccc3)nc3ccccc23)CC1. The van der Waals surface area contributed by atoms with Crippen LogP contribution in [-0.2, 0) is 6.18 Å². The van der Waals surface area contributed by atoms with Gasteiger partial charge in [-0.15, -0.1) is 0 Å². The predicted molar refractivity (Wildman–Crippen MR) is 135 cm³/mol. The first-order valence-corrected chi connectivity index (χ1v) is 11.8. The van der Waals surface area contributed by atoms with Gasteiger partial charge in [-0.3, -0.25) is 4.79 Å². The molecule has 1 aliphatic rings. The number of urea groups is 1. The topological polar surface area (TPSA) is 65.5 Å². The van der Waals surface area contributed by atoms with E-state index in [1.165, 1.54) is 12.1 Å². The minimum atomic E-state index is -4.44. The summed E-state index contributed by atoms with van der Waals surface area (Å²) in [7, 11) is 0. The zero-order valence-corrected chi connectivity index (χ0v) is 19.7. The fourth-order valence-corrected chi connectivity index (χ4v) is 4.34. The minimum Gasteiger partial charge on any atom is -0.335 e. The third-order valence-corrected chi connectivity index (χ3v) is 6.33. The van der Waals surface area contributed by atoms with Gasteiger partial charge in [0.1, 0.15) is 0 Å². The van der Waals surface area contributed by atoms with Gasteiger partial charge in [0.15, 0.2) is 0 Å². The number of carbonyl (C=O) groups excluding carboxylic acids is 2. The molecule has 0 atom stereocenters. The second kappa shape index (κ2) is 9.93. The van der Waals surface area contributed by atoms with E-state index in [0.29, 0.717) is 37.4 Å².